The largest absolute Gasteiger partial charge is 0.492 e. The van der Waals surface area contributed by atoms with Crippen LogP contribution in [-0.4, -0.2) is 63.2 Å². The van der Waals surface area contributed by atoms with Crippen LogP contribution < -0.4 is 9.64 Å². The average molecular weight is 477 g/mol. The Kier molecular flexibility index (Phi) is 7.60. The minimum atomic E-state index is -0.356. The number of piperidine rings is 1. The van der Waals surface area contributed by atoms with Gasteiger partial charge in [-0.15, -0.1) is 0 Å². The molecule has 3 aromatic rings. The van der Waals surface area contributed by atoms with E-state index in [1.54, 1.807) is 6.07 Å². The molecule has 0 aromatic heterocycles. The number of rotatable bonds is 8. The van der Waals surface area contributed by atoms with Crippen LogP contribution >= 0.6 is 0 Å². The zero-order valence-corrected chi connectivity index (χ0v) is 20.2. The Hall–Kier alpha value is -2.96. The van der Waals surface area contributed by atoms with E-state index in [4.69, 9.17) is 9.47 Å². The highest BCUT2D eigenvalue weighted by molar-refractivity contribution is 6.01. The van der Waals surface area contributed by atoms with Crippen LogP contribution in [0.5, 0.6) is 5.75 Å². The molecular formula is C29H33FN2O3. The van der Waals surface area contributed by atoms with E-state index in [0.29, 0.717) is 12.2 Å². The molecule has 2 aliphatic heterocycles. The summed E-state index contributed by atoms with van der Waals surface area (Å²) in [6.07, 6.45) is 3.63. The SMILES string of the molecule is O=C(Cc1ccc(OCCN2CCOCC2)c2ccccc12)c1cc(F)cc(N2CCCCC2)c1. The van der Waals surface area contributed by atoms with Crippen molar-refractivity contribution in [1.29, 1.82) is 0 Å². The smallest absolute Gasteiger partial charge is 0.167 e. The van der Waals surface area contributed by atoms with E-state index < -0.39 is 0 Å². The van der Waals surface area contributed by atoms with Gasteiger partial charge >= 0.3 is 0 Å². The summed E-state index contributed by atoms with van der Waals surface area (Å²) in [5.41, 5.74) is 2.16. The first-order chi connectivity index (χ1) is 17.2. The van der Waals surface area contributed by atoms with Gasteiger partial charge in [0.25, 0.3) is 0 Å². The number of carbonyl (C=O) groups excluding carboxylic acids is 1. The van der Waals surface area contributed by atoms with Crippen molar-refractivity contribution >= 4 is 22.2 Å². The van der Waals surface area contributed by atoms with Gasteiger partial charge in [-0.2, -0.15) is 0 Å². The number of benzene rings is 3. The Bertz CT molecular complexity index is 1170. The first-order valence-corrected chi connectivity index (χ1v) is 12.7. The maximum atomic E-state index is 14.4. The van der Waals surface area contributed by atoms with Crippen molar-refractivity contribution in [3.63, 3.8) is 0 Å². The van der Waals surface area contributed by atoms with Crippen molar-refractivity contribution in [2.24, 2.45) is 0 Å². The lowest BCUT2D eigenvalue weighted by Crippen LogP contribution is -2.38. The molecule has 0 bridgehead atoms. The molecule has 0 aliphatic carbocycles. The number of fused-ring (bicyclic) bond motifs is 1. The van der Waals surface area contributed by atoms with E-state index in [1.807, 2.05) is 42.5 Å². The molecule has 3 aromatic carbocycles. The first-order valence-electron chi connectivity index (χ1n) is 12.7. The van der Waals surface area contributed by atoms with Crippen LogP contribution in [-0.2, 0) is 11.2 Å². The van der Waals surface area contributed by atoms with E-state index in [0.717, 1.165) is 86.6 Å². The predicted molar refractivity (Wildman–Crippen MR) is 137 cm³/mol. The van der Waals surface area contributed by atoms with Crippen molar-refractivity contribution in [2.75, 3.05) is 57.4 Å². The van der Waals surface area contributed by atoms with E-state index >= 15 is 0 Å². The van der Waals surface area contributed by atoms with Gasteiger partial charge in [-0.3, -0.25) is 9.69 Å². The van der Waals surface area contributed by atoms with Gasteiger partial charge in [0.05, 0.1) is 13.2 Å². The number of ether oxygens (including phenoxy) is 2. The number of Topliss-reactive ketones (excluding diaryl/α,β-unsaturated/α-hetero) is 1. The maximum absolute atomic E-state index is 14.4. The summed E-state index contributed by atoms with van der Waals surface area (Å²) in [6.45, 7) is 6.70. The lowest BCUT2D eigenvalue weighted by atomic mass is 9.96. The minimum absolute atomic E-state index is 0.0751. The third-order valence-electron chi connectivity index (χ3n) is 7.02. The van der Waals surface area contributed by atoms with Gasteiger partial charge < -0.3 is 14.4 Å². The molecule has 5 nitrogen and oxygen atoms in total. The van der Waals surface area contributed by atoms with Crippen LogP contribution in [0.4, 0.5) is 10.1 Å². The van der Waals surface area contributed by atoms with Crippen molar-refractivity contribution < 1.29 is 18.7 Å². The predicted octanol–water partition coefficient (Wildman–Crippen LogP) is 5.11. The second kappa shape index (κ2) is 11.2. The number of anilines is 1. The van der Waals surface area contributed by atoms with E-state index in [-0.39, 0.29) is 18.0 Å². The number of nitrogens with zero attached hydrogens (tertiary/aromatic N) is 2. The summed E-state index contributed by atoms with van der Waals surface area (Å²) in [5.74, 6) is 0.391. The molecule has 2 saturated heterocycles. The van der Waals surface area contributed by atoms with Gasteiger partial charge in [0.2, 0.25) is 0 Å². The van der Waals surface area contributed by atoms with E-state index in [2.05, 4.69) is 9.80 Å². The van der Waals surface area contributed by atoms with Gasteiger partial charge in [-0.05, 0) is 54.5 Å². The molecule has 0 spiro atoms. The summed E-state index contributed by atoms with van der Waals surface area (Å²) in [7, 11) is 0. The standard InChI is InChI=1S/C29H33FN2O3/c30-24-18-23(19-25(21-24)32-10-4-1-5-11-32)28(33)20-22-8-9-29(27-7-3-2-6-26(22)27)35-17-14-31-12-15-34-16-13-31/h2-3,6-9,18-19,21H,1,4-5,10-17,20H2. The number of ketones is 1. The number of carbonyl (C=O) groups is 1. The molecule has 5 rings (SSSR count). The topological polar surface area (TPSA) is 42.0 Å². The van der Waals surface area contributed by atoms with Crippen molar-refractivity contribution in [2.45, 2.75) is 25.7 Å². The maximum Gasteiger partial charge on any atom is 0.167 e. The monoisotopic (exact) mass is 476 g/mol. The third-order valence-corrected chi connectivity index (χ3v) is 7.02. The zero-order valence-electron chi connectivity index (χ0n) is 20.2. The molecule has 0 amide bonds. The Morgan fingerprint density at radius 1 is 0.914 bits per heavy atom. The molecule has 6 heteroatoms. The summed E-state index contributed by atoms with van der Waals surface area (Å²) in [4.78, 5) is 17.8. The van der Waals surface area contributed by atoms with Crippen LogP contribution in [0.25, 0.3) is 10.8 Å². The van der Waals surface area contributed by atoms with E-state index in [9.17, 15) is 9.18 Å². The molecule has 2 aliphatic rings. The number of hydrogen-bond acceptors (Lipinski definition) is 5. The molecule has 2 heterocycles. The molecule has 0 N–H and O–H groups in total. The van der Waals surface area contributed by atoms with Crippen LogP contribution in [0.1, 0.15) is 35.2 Å². The molecule has 35 heavy (non-hydrogen) atoms. The zero-order chi connectivity index (χ0) is 24.0. The van der Waals surface area contributed by atoms with E-state index in [1.165, 1.54) is 12.5 Å². The molecule has 184 valence electrons. The number of halogens is 1. The van der Waals surface area contributed by atoms with Crippen LogP contribution in [0.2, 0.25) is 0 Å². The second-order valence-electron chi connectivity index (χ2n) is 9.42. The molecule has 0 atom stereocenters. The van der Waals surface area contributed by atoms with Gasteiger partial charge in [-0.25, -0.2) is 4.39 Å². The Balaban J connectivity index is 1.31. The van der Waals surface area contributed by atoms with Gasteiger partial charge in [0.15, 0.2) is 5.78 Å². The van der Waals surface area contributed by atoms with Crippen LogP contribution in [0, 0.1) is 5.82 Å². The minimum Gasteiger partial charge on any atom is -0.492 e. The molecule has 0 unspecified atom stereocenters. The summed E-state index contributed by atoms with van der Waals surface area (Å²) in [5, 5.41) is 1.99. The highest BCUT2D eigenvalue weighted by atomic mass is 19.1. The highest BCUT2D eigenvalue weighted by Crippen LogP contribution is 2.30. The Morgan fingerprint density at radius 3 is 2.49 bits per heavy atom. The van der Waals surface area contributed by atoms with Crippen LogP contribution in [0.3, 0.4) is 0 Å². The van der Waals surface area contributed by atoms with Gasteiger partial charge in [-0.1, -0.05) is 30.3 Å². The third kappa shape index (κ3) is 5.82. The highest BCUT2D eigenvalue weighted by Gasteiger charge is 2.17. The fraction of sp³-hybridized carbons (Fsp3) is 0.414. The fourth-order valence-electron chi connectivity index (χ4n) is 5.07. The van der Waals surface area contributed by atoms with Crippen LogP contribution in [0.15, 0.2) is 54.6 Å². The first kappa shape index (κ1) is 23.8. The summed E-state index contributed by atoms with van der Waals surface area (Å²) < 4.78 is 26.0. The van der Waals surface area contributed by atoms with Gasteiger partial charge in [0.1, 0.15) is 18.2 Å². The lowest BCUT2D eigenvalue weighted by molar-refractivity contribution is 0.0323. The molecule has 2 fully saturated rings. The van der Waals surface area contributed by atoms with Crippen molar-refractivity contribution in [3.8, 4) is 5.75 Å². The average Bonchev–Trinajstić information content (AvgIpc) is 2.90. The lowest BCUT2D eigenvalue weighted by Gasteiger charge is -2.29. The molecule has 0 saturated carbocycles. The normalized spacial score (nSPS) is 17.0. The number of morpholine rings is 1. The summed E-state index contributed by atoms with van der Waals surface area (Å²) >= 11 is 0. The van der Waals surface area contributed by atoms with Crippen molar-refractivity contribution in [1.82, 2.24) is 4.90 Å². The van der Waals surface area contributed by atoms with Crippen molar-refractivity contribution in [3.05, 3.63) is 71.5 Å². The fourth-order valence-corrected chi connectivity index (χ4v) is 5.07. The number of hydrogen-bond donors (Lipinski definition) is 0. The summed E-state index contributed by atoms with van der Waals surface area (Å²) in [6, 6.07) is 16.7. The quantitative estimate of drug-likeness (QED) is 0.423. The van der Waals surface area contributed by atoms with Gasteiger partial charge in [0, 0.05) is 55.8 Å². The Morgan fingerprint density at radius 2 is 1.69 bits per heavy atom. The molecule has 0 radical (unpaired) electrons. The second-order valence-corrected chi connectivity index (χ2v) is 9.42. The molecular weight excluding hydrogens is 443 g/mol. The Labute approximate surface area is 206 Å².